The van der Waals surface area contributed by atoms with Gasteiger partial charge in [0.25, 0.3) is 0 Å². The van der Waals surface area contributed by atoms with Crippen molar-refractivity contribution in [3.63, 3.8) is 0 Å². The first-order chi connectivity index (χ1) is 12.1. The topological polar surface area (TPSA) is 68.9 Å². The van der Waals surface area contributed by atoms with E-state index in [1.54, 1.807) is 24.3 Å². The third-order valence-electron chi connectivity index (χ3n) is 3.69. The van der Waals surface area contributed by atoms with Crippen LogP contribution in [0.15, 0.2) is 74.7 Å². The predicted molar refractivity (Wildman–Crippen MR) is 94.5 cm³/mol. The summed E-state index contributed by atoms with van der Waals surface area (Å²) in [5, 5.41) is 0.759. The summed E-state index contributed by atoms with van der Waals surface area (Å²) in [7, 11) is 0. The van der Waals surface area contributed by atoms with Crippen LogP contribution < -0.4 is 5.43 Å². The molecule has 122 valence electrons. The summed E-state index contributed by atoms with van der Waals surface area (Å²) < 4.78 is 10.6. The van der Waals surface area contributed by atoms with Gasteiger partial charge in [0.05, 0.1) is 10.9 Å². The molecular formula is C19H10ClNO4. The molecule has 0 saturated carbocycles. The number of benzene rings is 2. The molecular weight excluding hydrogens is 342 g/mol. The third kappa shape index (κ3) is 2.86. The van der Waals surface area contributed by atoms with E-state index in [4.69, 9.17) is 20.8 Å². The number of aliphatic imine (C=N–C) groups is 1. The Kier molecular flexibility index (Phi) is 3.71. The first-order valence-corrected chi connectivity index (χ1v) is 7.79. The van der Waals surface area contributed by atoms with Crippen LogP contribution in [0.4, 0.5) is 0 Å². The van der Waals surface area contributed by atoms with Crippen LogP contribution in [0.25, 0.3) is 17.0 Å². The van der Waals surface area contributed by atoms with Gasteiger partial charge in [-0.3, -0.25) is 4.79 Å². The normalized spacial score (nSPS) is 15.5. The minimum absolute atomic E-state index is 0.0348. The average Bonchev–Trinajstić information content (AvgIpc) is 2.99. The summed E-state index contributed by atoms with van der Waals surface area (Å²) in [6.45, 7) is 0. The smallest absolute Gasteiger partial charge is 0.363 e. The Balaban J connectivity index is 1.79. The van der Waals surface area contributed by atoms with Crippen LogP contribution in [-0.4, -0.2) is 11.9 Å². The van der Waals surface area contributed by atoms with E-state index in [1.165, 1.54) is 18.4 Å². The van der Waals surface area contributed by atoms with Crippen LogP contribution in [-0.2, 0) is 9.53 Å². The first-order valence-electron chi connectivity index (χ1n) is 7.41. The summed E-state index contributed by atoms with van der Waals surface area (Å²) >= 11 is 5.93. The number of hydrogen-bond acceptors (Lipinski definition) is 5. The standard InChI is InChI=1S/C19H10ClNO4/c20-13-6-7-16-14(9-13)17(22)12(10-24-16)8-15-19(23)25-18(21-15)11-4-2-1-3-5-11/h1-10H. The number of carbonyl (C=O) groups excluding carboxylic acids is 1. The van der Waals surface area contributed by atoms with Crippen LogP contribution in [0.2, 0.25) is 5.02 Å². The number of hydrogen-bond donors (Lipinski definition) is 0. The van der Waals surface area contributed by atoms with Gasteiger partial charge in [-0.25, -0.2) is 9.79 Å². The van der Waals surface area contributed by atoms with E-state index in [-0.39, 0.29) is 22.6 Å². The molecule has 0 saturated heterocycles. The second kappa shape index (κ2) is 6.03. The number of nitrogens with zero attached hydrogens (tertiary/aromatic N) is 1. The van der Waals surface area contributed by atoms with Gasteiger partial charge >= 0.3 is 5.97 Å². The Morgan fingerprint density at radius 2 is 1.84 bits per heavy atom. The Bertz CT molecular complexity index is 1110. The third-order valence-corrected chi connectivity index (χ3v) is 3.93. The maximum absolute atomic E-state index is 12.6. The molecule has 5 nitrogen and oxygen atoms in total. The van der Waals surface area contributed by atoms with Crippen molar-refractivity contribution in [1.82, 2.24) is 0 Å². The number of carbonyl (C=O) groups is 1. The zero-order chi connectivity index (χ0) is 17.4. The van der Waals surface area contributed by atoms with Crippen LogP contribution in [0.1, 0.15) is 11.1 Å². The van der Waals surface area contributed by atoms with Gasteiger partial charge in [0, 0.05) is 10.6 Å². The highest BCUT2D eigenvalue weighted by atomic mass is 35.5. The van der Waals surface area contributed by atoms with Gasteiger partial charge in [-0.1, -0.05) is 29.8 Å². The Labute approximate surface area is 146 Å². The summed E-state index contributed by atoms with van der Waals surface area (Å²) in [6.07, 6.45) is 2.64. The second-order valence-corrected chi connectivity index (χ2v) is 5.80. The molecule has 0 spiro atoms. The average molecular weight is 352 g/mol. The van der Waals surface area contributed by atoms with E-state index >= 15 is 0 Å². The van der Waals surface area contributed by atoms with E-state index in [9.17, 15) is 9.59 Å². The number of rotatable bonds is 2. The number of halogens is 1. The van der Waals surface area contributed by atoms with Crippen LogP contribution in [0, 0.1) is 0 Å². The molecule has 4 rings (SSSR count). The Hall–Kier alpha value is -3.18. The lowest BCUT2D eigenvalue weighted by Gasteiger charge is -1.99. The summed E-state index contributed by atoms with van der Waals surface area (Å²) in [4.78, 5) is 28.8. The molecule has 0 aliphatic carbocycles. The van der Waals surface area contributed by atoms with E-state index in [0.29, 0.717) is 21.6 Å². The largest absolute Gasteiger partial charge is 0.463 e. The van der Waals surface area contributed by atoms with Crippen molar-refractivity contribution >= 4 is 40.5 Å². The molecule has 2 heterocycles. The van der Waals surface area contributed by atoms with Crippen molar-refractivity contribution in [2.45, 2.75) is 0 Å². The molecule has 0 bridgehead atoms. The van der Waals surface area contributed by atoms with E-state index < -0.39 is 5.97 Å². The van der Waals surface area contributed by atoms with Crippen molar-refractivity contribution in [3.8, 4) is 0 Å². The lowest BCUT2D eigenvalue weighted by Crippen LogP contribution is -2.07. The van der Waals surface area contributed by atoms with Gasteiger partial charge in [-0.05, 0) is 36.4 Å². The minimum atomic E-state index is -0.621. The second-order valence-electron chi connectivity index (χ2n) is 5.36. The van der Waals surface area contributed by atoms with E-state index in [0.717, 1.165) is 0 Å². The Morgan fingerprint density at radius 3 is 2.64 bits per heavy atom. The zero-order valence-electron chi connectivity index (χ0n) is 12.7. The van der Waals surface area contributed by atoms with Gasteiger partial charge in [-0.2, -0.15) is 0 Å². The van der Waals surface area contributed by atoms with Gasteiger partial charge < -0.3 is 9.15 Å². The number of ether oxygens (including phenoxy) is 1. The summed E-state index contributed by atoms with van der Waals surface area (Å²) in [5.74, 6) is -0.422. The van der Waals surface area contributed by atoms with Gasteiger partial charge in [0.15, 0.2) is 11.1 Å². The maximum Gasteiger partial charge on any atom is 0.363 e. The van der Waals surface area contributed by atoms with Crippen molar-refractivity contribution < 1.29 is 13.9 Å². The highest BCUT2D eigenvalue weighted by Crippen LogP contribution is 2.21. The molecule has 0 N–H and O–H groups in total. The molecule has 1 aromatic heterocycles. The maximum atomic E-state index is 12.6. The van der Waals surface area contributed by atoms with E-state index in [1.807, 2.05) is 18.2 Å². The molecule has 3 aromatic rings. The summed E-state index contributed by atoms with van der Waals surface area (Å²) in [6, 6.07) is 13.8. The molecule has 2 aromatic carbocycles. The van der Waals surface area contributed by atoms with Crippen molar-refractivity contribution in [2.75, 3.05) is 0 Å². The predicted octanol–water partition coefficient (Wildman–Crippen LogP) is 3.79. The molecule has 25 heavy (non-hydrogen) atoms. The van der Waals surface area contributed by atoms with Crippen molar-refractivity contribution in [1.29, 1.82) is 0 Å². The lowest BCUT2D eigenvalue weighted by atomic mass is 10.1. The molecule has 0 unspecified atom stereocenters. The number of cyclic esters (lactones) is 1. The fourth-order valence-corrected chi connectivity index (χ4v) is 2.65. The van der Waals surface area contributed by atoms with Crippen molar-refractivity contribution in [3.05, 3.63) is 86.9 Å². The monoisotopic (exact) mass is 351 g/mol. The zero-order valence-corrected chi connectivity index (χ0v) is 13.5. The molecule has 0 atom stereocenters. The molecule has 0 radical (unpaired) electrons. The first kappa shape index (κ1) is 15.4. The van der Waals surface area contributed by atoms with Gasteiger partial charge in [0.2, 0.25) is 5.90 Å². The molecule has 1 aliphatic rings. The molecule has 0 fully saturated rings. The number of esters is 1. The highest BCUT2D eigenvalue weighted by Gasteiger charge is 2.24. The van der Waals surface area contributed by atoms with Crippen LogP contribution >= 0.6 is 11.6 Å². The summed E-state index contributed by atoms with van der Waals surface area (Å²) in [5.41, 5.74) is 1.02. The van der Waals surface area contributed by atoms with Crippen molar-refractivity contribution in [2.24, 2.45) is 4.99 Å². The molecule has 1 aliphatic heterocycles. The highest BCUT2D eigenvalue weighted by molar-refractivity contribution is 6.31. The minimum Gasteiger partial charge on any atom is -0.463 e. The van der Waals surface area contributed by atoms with Gasteiger partial charge in [-0.15, -0.1) is 0 Å². The fourth-order valence-electron chi connectivity index (χ4n) is 2.48. The SMILES string of the molecule is O=C1OC(c2ccccc2)=NC1=Cc1coc2ccc(Cl)cc2c1=O. The lowest BCUT2D eigenvalue weighted by molar-refractivity contribution is -0.129. The van der Waals surface area contributed by atoms with Crippen LogP contribution in [0.5, 0.6) is 0 Å². The Morgan fingerprint density at radius 1 is 1.04 bits per heavy atom. The van der Waals surface area contributed by atoms with Crippen LogP contribution in [0.3, 0.4) is 0 Å². The molecule has 0 amide bonds. The fraction of sp³-hybridized carbons (Fsp3) is 0. The van der Waals surface area contributed by atoms with E-state index in [2.05, 4.69) is 4.99 Å². The quantitative estimate of drug-likeness (QED) is 0.520. The van der Waals surface area contributed by atoms with Gasteiger partial charge in [0.1, 0.15) is 11.8 Å². The number of fused-ring (bicyclic) bond motifs is 1. The molecule has 6 heteroatoms.